The Morgan fingerprint density at radius 1 is 1.35 bits per heavy atom. The number of nitrogens with two attached hydrogens (primary N) is 1. The van der Waals surface area contributed by atoms with Crippen molar-refractivity contribution in [1.82, 2.24) is 0 Å². The first-order valence-electron chi connectivity index (χ1n) is 6.45. The lowest BCUT2D eigenvalue weighted by Gasteiger charge is -2.19. The molecule has 6 heteroatoms. The van der Waals surface area contributed by atoms with Crippen LogP contribution < -0.4 is 10.5 Å². The third-order valence-electron chi connectivity index (χ3n) is 3.02. The molecule has 0 saturated carbocycles. The molecule has 1 unspecified atom stereocenters. The predicted octanol–water partition coefficient (Wildman–Crippen LogP) is 2.44. The van der Waals surface area contributed by atoms with E-state index in [0.717, 1.165) is 0 Å². The monoisotopic (exact) mass is 303 g/mol. The number of hydrogen-bond acceptors (Lipinski definition) is 4. The minimum atomic E-state index is -3.27. The number of sulfone groups is 1. The number of hydrogen-bond donors (Lipinski definition) is 1. The van der Waals surface area contributed by atoms with E-state index in [9.17, 15) is 12.8 Å². The molecule has 0 aliphatic heterocycles. The summed E-state index contributed by atoms with van der Waals surface area (Å²) in [5.41, 5.74) is 6.31. The Balaban J connectivity index is 2.68. The van der Waals surface area contributed by atoms with Gasteiger partial charge in [0.2, 0.25) is 0 Å². The second-order valence-electron chi connectivity index (χ2n) is 5.76. The van der Waals surface area contributed by atoms with Gasteiger partial charge >= 0.3 is 0 Å². The fourth-order valence-corrected chi connectivity index (χ4v) is 2.40. The molecule has 20 heavy (non-hydrogen) atoms. The van der Waals surface area contributed by atoms with E-state index < -0.39 is 20.4 Å². The zero-order chi connectivity index (χ0) is 15.6. The average Bonchev–Trinajstić information content (AvgIpc) is 2.29. The molecule has 1 aromatic rings. The Bertz CT molecular complexity index is 562. The molecule has 0 aliphatic carbocycles. The molecule has 0 aliphatic rings. The van der Waals surface area contributed by atoms with Crippen LogP contribution in [0.4, 0.5) is 4.39 Å². The van der Waals surface area contributed by atoms with Gasteiger partial charge in [-0.3, -0.25) is 0 Å². The summed E-state index contributed by atoms with van der Waals surface area (Å²) in [6, 6.07) is 4.18. The van der Waals surface area contributed by atoms with Crippen molar-refractivity contribution in [3.63, 3.8) is 0 Å². The number of rotatable bonds is 5. The Hall–Kier alpha value is -1.14. The first kappa shape index (κ1) is 16.9. The predicted molar refractivity (Wildman–Crippen MR) is 78.0 cm³/mol. The summed E-state index contributed by atoms with van der Waals surface area (Å²) >= 11 is 0. The van der Waals surface area contributed by atoms with E-state index in [4.69, 9.17) is 10.5 Å². The SMILES string of the molecule is CC(N)c1ccc(OCCS(=O)(=O)C(C)(C)C)c(F)c1. The summed E-state index contributed by atoms with van der Waals surface area (Å²) in [5, 5.41) is 0. The van der Waals surface area contributed by atoms with Crippen LogP contribution in [-0.2, 0) is 9.84 Å². The molecule has 0 fully saturated rings. The van der Waals surface area contributed by atoms with E-state index in [1.807, 2.05) is 0 Å². The molecule has 1 aromatic carbocycles. The zero-order valence-electron chi connectivity index (χ0n) is 12.3. The van der Waals surface area contributed by atoms with Crippen LogP contribution in [0.3, 0.4) is 0 Å². The molecule has 0 saturated heterocycles. The van der Waals surface area contributed by atoms with Crippen molar-refractivity contribution in [3.8, 4) is 5.75 Å². The second-order valence-corrected chi connectivity index (χ2v) is 8.62. The van der Waals surface area contributed by atoms with E-state index in [1.54, 1.807) is 33.8 Å². The van der Waals surface area contributed by atoms with E-state index in [1.165, 1.54) is 12.1 Å². The molecule has 0 amide bonds. The summed E-state index contributed by atoms with van der Waals surface area (Å²) in [6.45, 7) is 6.56. The third-order valence-corrected chi connectivity index (χ3v) is 5.59. The van der Waals surface area contributed by atoms with Gasteiger partial charge in [0.15, 0.2) is 21.4 Å². The van der Waals surface area contributed by atoms with Crippen LogP contribution in [0.2, 0.25) is 0 Å². The van der Waals surface area contributed by atoms with Crippen LogP contribution in [-0.4, -0.2) is 25.5 Å². The van der Waals surface area contributed by atoms with E-state index >= 15 is 0 Å². The maximum Gasteiger partial charge on any atom is 0.165 e. The van der Waals surface area contributed by atoms with E-state index in [2.05, 4.69) is 0 Å². The molecule has 114 valence electrons. The summed E-state index contributed by atoms with van der Waals surface area (Å²) in [6.07, 6.45) is 0. The van der Waals surface area contributed by atoms with Crippen molar-refractivity contribution in [1.29, 1.82) is 0 Å². The first-order valence-corrected chi connectivity index (χ1v) is 8.10. The molecule has 0 bridgehead atoms. The highest BCUT2D eigenvalue weighted by Crippen LogP contribution is 2.22. The molecule has 0 heterocycles. The molecular weight excluding hydrogens is 281 g/mol. The van der Waals surface area contributed by atoms with Crippen LogP contribution in [0.1, 0.15) is 39.3 Å². The van der Waals surface area contributed by atoms with E-state index in [-0.39, 0.29) is 24.2 Å². The molecule has 1 rings (SSSR count). The minimum absolute atomic E-state index is 0.0403. The Kier molecular flexibility index (Phi) is 5.15. The van der Waals surface area contributed by atoms with Crippen molar-refractivity contribution in [3.05, 3.63) is 29.6 Å². The fraction of sp³-hybridized carbons (Fsp3) is 0.571. The lowest BCUT2D eigenvalue weighted by molar-refractivity contribution is 0.321. The van der Waals surface area contributed by atoms with Gasteiger partial charge in [-0.2, -0.15) is 0 Å². The van der Waals surface area contributed by atoms with Crippen molar-refractivity contribution in [2.24, 2.45) is 5.73 Å². The molecule has 1 atom stereocenters. The third kappa shape index (κ3) is 4.18. The molecular formula is C14H22FNO3S. The molecule has 0 radical (unpaired) electrons. The zero-order valence-corrected chi connectivity index (χ0v) is 13.1. The molecule has 0 spiro atoms. The summed E-state index contributed by atoms with van der Waals surface area (Å²) in [4.78, 5) is 0. The minimum Gasteiger partial charge on any atom is -0.489 e. The molecule has 4 nitrogen and oxygen atoms in total. The van der Waals surface area contributed by atoms with E-state index in [0.29, 0.717) is 5.56 Å². The maximum absolute atomic E-state index is 13.7. The second kappa shape index (κ2) is 6.10. The maximum atomic E-state index is 13.7. The quantitative estimate of drug-likeness (QED) is 0.907. The molecule has 0 aromatic heterocycles. The summed E-state index contributed by atoms with van der Waals surface area (Å²) in [5.74, 6) is -0.642. The number of ether oxygens (including phenoxy) is 1. The highest BCUT2D eigenvalue weighted by Gasteiger charge is 2.28. The van der Waals surface area contributed by atoms with Crippen LogP contribution in [0.15, 0.2) is 18.2 Å². The topological polar surface area (TPSA) is 69.4 Å². The lowest BCUT2D eigenvalue weighted by Crippen LogP contribution is -2.32. The average molecular weight is 303 g/mol. The fourth-order valence-electron chi connectivity index (χ4n) is 1.48. The van der Waals surface area contributed by atoms with Crippen LogP contribution in [0, 0.1) is 5.82 Å². The van der Waals surface area contributed by atoms with Gasteiger partial charge in [0.05, 0.1) is 10.5 Å². The highest BCUT2D eigenvalue weighted by atomic mass is 32.2. The standard InChI is InChI=1S/C14H22FNO3S/c1-10(16)11-5-6-13(12(15)9-11)19-7-8-20(17,18)14(2,3)4/h5-6,9-10H,7-8,16H2,1-4H3. The lowest BCUT2D eigenvalue weighted by atomic mass is 10.1. The van der Waals surface area contributed by atoms with Gasteiger partial charge in [0, 0.05) is 6.04 Å². The van der Waals surface area contributed by atoms with Gasteiger partial charge in [0.25, 0.3) is 0 Å². The van der Waals surface area contributed by atoms with Crippen LogP contribution in [0.25, 0.3) is 0 Å². The van der Waals surface area contributed by atoms with Gasteiger partial charge in [-0.1, -0.05) is 6.07 Å². The summed E-state index contributed by atoms with van der Waals surface area (Å²) < 4.78 is 41.9. The Labute approximate surface area is 120 Å². The molecule has 2 N–H and O–H groups in total. The van der Waals surface area contributed by atoms with Crippen molar-refractivity contribution in [2.75, 3.05) is 12.4 Å². The largest absolute Gasteiger partial charge is 0.489 e. The van der Waals surface area contributed by atoms with Gasteiger partial charge in [-0.25, -0.2) is 12.8 Å². The Morgan fingerprint density at radius 2 is 1.95 bits per heavy atom. The van der Waals surface area contributed by atoms with Crippen molar-refractivity contribution in [2.45, 2.75) is 38.5 Å². The van der Waals surface area contributed by atoms with Crippen LogP contribution >= 0.6 is 0 Å². The van der Waals surface area contributed by atoms with Crippen molar-refractivity contribution < 1.29 is 17.5 Å². The van der Waals surface area contributed by atoms with Gasteiger partial charge in [0.1, 0.15) is 6.61 Å². The number of halogens is 1. The Morgan fingerprint density at radius 3 is 2.40 bits per heavy atom. The highest BCUT2D eigenvalue weighted by molar-refractivity contribution is 7.92. The first-order chi connectivity index (χ1) is 9.04. The number of benzene rings is 1. The smallest absolute Gasteiger partial charge is 0.165 e. The van der Waals surface area contributed by atoms with Gasteiger partial charge in [-0.05, 0) is 45.4 Å². The van der Waals surface area contributed by atoms with Gasteiger partial charge in [-0.15, -0.1) is 0 Å². The van der Waals surface area contributed by atoms with Gasteiger partial charge < -0.3 is 10.5 Å². The normalized spacial score (nSPS) is 14.1. The van der Waals surface area contributed by atoms with Crippen LogP contribution in [0.5, 0.6) is 5.75 Å². The van der Waals surface area contributed by atoms with Crippen molar-refractivity contribution >= 4 is 9.84 Å². The summed E-state index contributed by atoms with van der Waals surface area (Å²) in [7, 11) is -3.27.